The second kappa shape index (κ2) is 5.85. The van der Waals surface area contributed by atoms with Crippen molar-refractivity contribution in [1.29, 1.82) is 0 Å². The van der Waals surface area contributed by atoms with E-state index in [0.717, 1.165) is 11.0 Å². The third-order valence-corrected chi connectivity index (χ3v) is 3.42. The molecule has 4 nitrogen and oxygen atoms in total. The molecule has 1 heterocycles. The molecule has 1 N–H and O–H groups in total. The van der Waals surface area contributed by atoms with Gasteiger partial charge < -0.3 is 5.32 Å². The number of likely N-dealkylation sites (tertiary alicyclic amines) is 1. The average molecular weight is 300 g/mol. The monoisotopic (exact) mass is 300 g/mol. The number of halogens is 3. The maximum atomic E-state index is 12.8. The molecule has 1 saturated heterocycles. The summed E-state index contributed by atoms with van der Waals surface area (Å²) in [7, 11) is 0. The molecular weight excluding hydrogens is 285 g/mol. The summed E-state index contributed by atoms with van der Waals surface area (Å²) in [6.45, 7) is 1.84. The first kappa shape index (κ1) is 15.5. The van der Waals surface area contributed by atoms with Gasteiger partial charge in [0.1, 0.15) is 0 Å². The summed E-state index contributed by atoms with van der Waals surface area (Å²) in [6.07, 6.45) is -4.45. The van der Waals surface area contributed by atoms with E-state index >= 15 is 0 Å². The van der Waals surface area contributed by atoms with Crippen LogP contribution in [0, 0.1) is 0 Å². The Balaban J connectivity index is 2.08. The molecule has 0 aromatic heterocycles. The van der Waals surface area contributed by atoms with Crippen molar-refractivity contribution in [3.63, 3.8) is 0 Å². The molecule has 0 bridgehead atoms. The second-order valence-corrected chi connectivity index (χ2v) is 4.77. The number of hydrogen-bond donors (Lipinski definition) is 1. The lowest BCUT2D eigenvalue weighted by molar-refractivity contribution is -0.139. The van der Waals surface area contributed by atoms with Crippen LogP contribution in [0.2, 0.25) is 0 Å². The van der Waals surface area contributed by atoms with Crippen LogP contribution in [0.5, 0.6) is 0 Å². The van der Waals surface area contributed by atoms with E-state index in [0.29, 0.717) is 0 Å². The van der Waals surface area contributed by atoms with Gasteiger partial charge in [-0.2, -0.15) is 13.2 Å². The normalized spacial score (nSPS) is 19.4. The molecule has 2 rings (SSSR count). The van der Waals surface area contributed by atoms with Crippen molar-refractivity contribution >= 4 is 11.8 Å². The van der Waals surface area contributed by atoms with Crippen molar-refractivity contribution in [1.82, 2.24) is 10.2 Å². The van der Waals surface area contributed by atoms with Gasteiger partial charge in [0, 0.05) is 13.1 Å². The van der Waals surface area contributed by atoms with Gasteiger partial charge in [0.05, 0.1) is 18.0 Å². The van der Waals surface area contributed by atoms with Gasteiger partial charge in [0.2, 0.25) is 11.8 Å². The first-order valence-electron chi connectivity index (χ1n) is 6.57. The molecule has 114 valence electrons. The van der Waals surface area contributed by atoms with Crippen LogP contribution >= 0.6 is 0 Å². The highest BCUT2D eigenvalue weighted by Gasteiger charge is 2.38. The zero-order chi connectivity index (χ0) is 15.6. The number of alkyl halides is 3. The molecule has 7 heteroatoms. The van der Waals surface area contributed by atoms with Crippen LogP contribution in [0.15, 0.2) is 24.3 Å². The van der Waals surface area contributed by atoms with Gasteiger partial charge in [-0.1, -0.05) is 18.2 Å². The Bertz CT molecular complexity index is 557. The first-order chi connectivity index (χ1) is 9.84. The molecule has 1 aliphatic rings. The van der Waals surface area contributed by atoms with Crippen LogP contribution < -0.4 is 5.32 Å². The number of carbonyl (C=O) groups is 2. The minimum atomic E-state index is -4.44. The molecule has 0 spiro atoms. The largest absolute Gasteiger partial charge is 0.416 e. The van der Waals surface area contributed by atoms with Crippen molar-refractivity contribution in [2.45, 2.75) is 32.1 Å². The Kier molecular flexibility index (Phi) is 4.32. The molecule has 0 saturated carbocycles. The predicted octanol–water partition coefficient (Wildman–Crippen LogP) is 1.94. The Morgan fingerprint density at radius 3 is 2.52 bits per heavy atom. The highest BCUT2D eigenvalue weighted by molar-refractivity contribution is 6.05. The third-order valence-electron chi connectivity index (χ3n) is 3.42. The van der Waals surface area contributed by atoms with Gasteiger partial charge in [-0.15, -0.1) is 0 Å². The standard InChI is InChI=1S/C14H15F3N2O2/c1-2-19-12(20)7-11(13(19)21)18-8-9-5-3-4-6-10(9)14(15,16)17/h3-6,11,18H,2,7-8H2,1H3. The zero-order valence-corrected chi connectivity index (χ0v) is 11.4. The second-order valence-electron chi connectivity index (χ2n) is 4.77. The predicted molar refractivity (Wildman–Crippen MR) is 69.1 cm³/mol. The van der Waals surface area contributed by atoms with Gasteiger partial charge in [-0.25, -0.2) is 0 Å². The van der Waals surface area contributed by atoms with Crippen LogP contribution in [0.3, 0.4) is 0 Å². The molecule has 1 atom stereocenters. The molecule has 1 fully saturated rings. The lowest BCUT2D eigenvalue weighted by atomic mass is 10.1. The molecule has 0 aliphatic carbocycles. The Morgan fingerprint density at radius 1 is 1.29 bits per heavy atom. The van der Waals surface area contributed by atoms with Crippen LogP contribution in [0.25, 0.3) is 0 Å². The maximum Gasteiger partial charge on any atom is 0.416 e. The zero-order valence-electron chi connectivity index (χ0n) is 11.4. The molecule has 1 aromatic rings. The molecule has 2 amide bonds. The SMILES string of the molecule is CCN1C(=O)CC(NCc2ccccc2C(F)(F)F)C1=O. The quantitative estimate of drug-likeness (QED) is 0.865. The van der Waals surface area contributed by atoms with Crippen molar-refractivity contribution < 1.29 is 22.8 Å². The molecule has 21 heavy (non-hydrogen) atoms. The van der Waals surface area contributed by atoms with Gasteiger partial charge in [-0.3, -0.25) is 14.5 Å². The van der Waals surface area contributed by atoms with E-state index in [1.54, 1.807) is 6.92 Å². The first-order valence-corrected chi connectivity index (χ1v) is 6.57. The highest BCUT2D eigenvalue weighted by atomic mass is 19.4. The fourth-order valence-corrected chi connectivity index (χ4v) is 2.36. The van der Waals surface area contributed by atoms with E-state index in [2.05, 4.69) is 5.32 Å². The van der Waals surface area contributed by atoms with E-state index < -0.39 is 17.8 Å². The summed E-state index contributed by atoms with van der Waals surface area (Å²) >= 11 is 0. The lowest BCUT2D eigenvalue weighted by Gasteiger charge is -2.16. The molecule has 1 unspecified atom stereocenters. The summed E-state index contributed by atoms with van der Waals surface area (Å²) in [5.41, 5.74) is -0.679. The molecule has 1 aliphatic heterocycles. The van der Waals surface area contributed by atoms with E-state index in [4.69, 9.17) is 0 Å². The fraction of sp³-hybridized carbons (Fsp3) is 0.429. The smallest absolute Gasteiger partial charge is 0.301 e. The maximum absolute atomic E-state index is 12.8. The average Bonchev–Trinajstić information content (AvgIpc) is 2.70. The summed E-state index contributed by atoms with van der Waals surface area (Å²) < 4.78 is 38.5. The number of carbonyl (C=O) groups excluding carboxylic acids is 2. The minimum Gasteiger partial charge on any atom is -0.301 e. The van der Waals surface area contributed by atoms with E-state index in [9.17, 15) is 22.8 Å². The number of nitrogens with one attached hydrogen (secondary N) is 1. The summed E-state index contributed by atoms with van der Waals surface area (Å²) in [4.78, 5) is 24.5. The number of benzene rings is 1. The van der Waals surface area contributed by atoms with Gasteiger partial charge in [0.15, 0.2) is 0 Å². The highest BCUT2D eigenvalue weighted by Crippen LogP contribution is 2.31. The number of likely N-dealkylation sites (N-methyl/N-ethyl adjacent to an activating group) is 1. The topological polar surface area (TPSA) is 49.4 Å². The number of nitrogens with zero attached hydrogens (tertiary/aromatic N) is 1. The Morgan fingerprint density at radius 2 is 1.95 bits per heavy atom. The van der Waals surface area contributed by atoms with Crippen molar-refractivity contribution in [2.24, 2.45) is 0 Å². The molecule has 0 radical (unpaired) electrons. The summed E-state index contributed by atoms with van der Waals surface area (Å²) in [5, 5.41) is 2.74. The van der Waals surface area contributed by atoms with Crippen molar-refractivity contribution in [3.8, 4) is 0 Å². The number of imide groups is 1. The van der Waals surface area contributed by atoms with Gasteiger partial charge in [-0.05, 0) is 18.6 Å². The van der Waals surface area contributed by atoms with E-state index in [1.165, 1.54) is 18.2 Å². The third kappa shape index (κ3) is 3.24. The van der Waals surface area contributed by atoms with Crippen molar-refractivity contribution in [3.05, 3.63) is 35.4 Å². The number of rotatable bonds is 4. The minimum absolute atomic E-state index is 0.0130. The van der Waals surface area contributed by atoms with Crippen molar-refractivity contribution in [2.75, 3.05) is 6.54 Å². The summed E-state index contributed by atoms with van der Waals surface area (Å²) in [5.74, 6) is -0.684. The fourth-order valence-electron chi connectivity index (χ4n) is 2.36. The Hall–Kier alpha value is -1.89. The Labute approximate surface area is 119 Å². The summed E-state index contributed by atoms with van der Waals surface area (Å²) in [6, 6.07) is 4.42. The number of amides is 2. The van der Waals surface area contributed by atoms with Crippen LogP contribution in [0.4, 0.5) is 13.2 Å². The lowest BCUT2D eigenvalue weighted by Crippen LogP contribution is -2.38. The van der Waals surface area contributed by atoms with Crippen LogP contribution in [-0.4, -0.2) is 29.3 Å². The van der Waals surface area contributed by atoms with Crippen LogP contribution in [-0.2, 0) is 22.3 Å². The van der Waals surface area contributed by atoms with E-state index in [-0.39, 0.29) is 36.9 Å². The molecular formula is C14H15F3N2O2. The number of hydrogen-bond acceptors (Lipinski definition) is 3. The van der Waals surface area contributed by atoms with Crippen LogP contribution in [0.1, 0.15) is 24.5 Å². The van der Waals surface area contributed by atoms with E-state index in [1.807, 2.05) is 0 Å². The van der Waals surface area contributed by atoms with Gasteiger partial charge >= 0.3 is 6.18 Å². The van der Waals surface area contributed by atoms with Gasteiger partial charge in [0.25, 0.3) is 0 Å². The molecule has 1 aromatic carbocycles.